The third-order valence-electron chi connectivity index (χ3n) is 1.62. The third-order valence-corrected chi connectivity index (χ3v) is 1.62. The molecule has 0 aliphatic carbocycles. The summed E-state index contributed by atoms with van der Waals surface area (Å²) in [6.45, 7) is 4.04. The number of unbranched alkanes of at least 4 members (excludes halogenated alkanes) is 1. The van der Waals surface area contributed by atoms with Crippen molar-refractivity contribution in [1.82, 2.24) is 0 Å². The molecule has 0 fully saturated rings. The van der Waals surface area contributed by atoms with Gasteiger partial charge in [-0.2, -0.15) is 0 Å². The molecule has 0 aliphatic rings. The van der Waals surface area contributed by atoms with Crippen molar-refractivity contribution in [3.8, 4) is 0 Å². The highest BCUT2D eigenvalue weighted by molar-refractivity contribution is 5.77. The molecule has 0 N–H and O–H groups in total. The van der Waals surface area contributed by atoms with Crippen molar-refractivity contribution in [2.75, 3.05) is 0 Å². The summed E-state index contributed by atoms with van der Waals surface area (Å²) in [5.74, 6) is 0.384. The third kappa shape index (κ3) is 7.31. The van der Waals surface area contributed by atoms with Gasteiger partial charge in [-0.1, -0.05) is 26.0 Å². The van der Waals surface area contributed by atoms with Crippen LogP contribution < -0.4 is 0 Å². The molecule has 0 rings (SSSR count). The average Bonchev–Trinajstić information content (AvgIpc) is 2.04. The monoisotopic (exact) mass is 154 g/mol. The van der Waals surface area contributed by atoms with Crippen LogP contribution in [0.4, 0.5) is 0 Å². The van der Waals surface area contributed by atoms with Crippen molar-refractivity contribution in [1.29, 1.82) is 0 Å². The first-order chi connectivity index (χ1) is 5.31. The molecule has 1 nitrogen and oxygen atoms in total. The smallest absolute Gasteiger partial charge is 0.132 e. The lowest BCUT2D eigenvalue weighted by Gasteiger charge is -1.93. The van der Waals surface area contributed by atoms with Crippen LogP contribution in [-0.2, 0) is 4.79 Å². The summed E-state index contributed by atoms with van der Waals surface area (Å²) in [6, 6.07) is 0. The Hall–Kier alpha value is -0.590. The molecule has 0 heterocycles. The molecule has 1 heteroatoms. The van der Waals surface area contributed by atoms with Gasteiger partial charge in [0.15, 0.2) is 0 Å². The Morgan fingerprint density at radius 3 is 2.55 bits per heavy atom. The molecule has 0 aliphatic heterocycles. The molecule has 0 spiro atoms. The molecular weight excluding hydrogens is 136 g/mol. The van der Waals surface area contributed by atoms with Gasteiger partial charge in [0, 0.05) is 12.8 Å². The standard InChI is InChI=1S/C10H18O/c1-3-5-6-7-8-9-10(11)4-2/h5-6H,3-4,7-9H2,1-2H3. The number of hydrogen-bond donors (Lipinski definition) is 0. The van der Waals surface area contributed by atoms with E-state index in [1.165, 1.54) is 0 Å². The van der Waals surface area contributed by atoms with Crippen LogP contribution in [0.3, 0.4) is 0 Å². The molecule has 0 amide bonds. The Kier molecular flexibility index (Phi) is 7.11. The zero-order valence-corrected chi connectivity index (χ0v) is 7.60. The Labute approximate surface area is 69.5 Å². The Balaban J connectivity index is 3.14. The van der Waals surface area contributed by atoms with Gasteiger partial charge in [-0.25, -0.2) is 0 Å². The molecule has 0 unspecified atom stereocenters. The van der Waals surface area contributed by atoms with Gasteiger partial charge in [0.05, 0.1) is 0 Å². The SMILES string of the molecule is CCC=CCCCC(=O)CC. The Bertz CT molecular complexity index is 125. The van der Waals surface area contributed by atoms with Gasteiger partial charge in [0.25, 0.3) is 0 Å². The van der Waals surface area contributed by atoms with E-state index in [1.807, 2.05) is 6.92 Å². The Morgan fingerprint density at radius 2 is 2.00 bits per heavy atom. The number of allylic oxidation sites excluding steroid dienone is 2. The number of carbonyl (C=O) groups excluding carboxylic acids is 1. The van der Waals surface area contributed by atoms with Crippen molar-refractivity contribution in [2.24, 2.45) is 0 Å². The lowest BCUT2D eigenvalue weighted by Crippen LogP contribution is -1.93. The predicted molar refractivity (Wildman–Crippen MR) is 48.6 cm³/mol. The lowest BCUT2D eigenvalue weighted by molar-refractivity contribution is -0.118. The molecule has 0 bridgehead atoms. The Morgan fingerprint density at radius 1 is 1.27 bits per heavy atom. The fourth-order valence-electron chi connectivity index (χ4n) is 0.878. The summed E-state index contributed by atoms with van der Waals surface area (Å²) >= 11 is 0. The molecule has 0 atom stereocenters. The van der Waals surface area contributed by atoms with Crippen LogP contribution >= 0.6 is 0 Å². The first kappa shape index (κ1) is 10.4. The number of Topliss-reactive ketones (excluding diaryl/α,β-unsaturated/α-hetero) is 1. The number of hydrogen-bond acceptors (Lipinski definition) is 1. The van der Waals surface area contributed by atoms with E-state index in [0.29, 0.717) is 12.2 Å². The van der Waals surface area contributed by atoms with Crippen molar-refractivity contribution in [3.63, 3.8) is 0 Å². The fourth-order valence-corrected chi connectivity index (χ4v) is 0.878. The first-order valence-corrected chi connectivity index (χ1v) is 4.48. The highest BCUT2D eigenvalue weighted by atomic mass is 16.1. The van der Waals surface area contributed by atoms with E-state index in [4.69, 9.17) is 0 Å². The second kappa shape index (κ2) is 7.52. The average molecular weight is 154 g/mol. The highest BCUT2D eigenvalue weighted by Gasteiger charge is 1.94. The maximum atomic E-state index is 10.8. The van der Waals surface area contributed by atoms with Crippen molar-refractivity contribution < 1.29 is 4.79 Å². The van der Waals surface area contributed by atoms with Gasteiger partial charge < -0.3 is 0 Å². The lowest BCUT2D eigenvalue weighted by atomic mass is 10.1. The molecule has 0 aromatic rings. The van der Waals surface area contributed by atoms with Gasteiger partial charge >= 0.3 is 0 Å². The van der Waals surface area contributed by atoms with E-state index in [2.05, 4.69) is 19.1 Å². The molecule has 0 saturated heterocycles. The van der Waals surface area contributed by atoms with Gasteiger partial charge in [-0.15, -0.1) is 0 Å². The molecule has 0 aromatic heterocycles. The largest absolute Gasteiger partial charge is 0.300 e. The number of rotatable bonds is 6. The minimum Gasteiger partial charge on any atom is -0.300 e. The number of carbonyl (C=O) groups is 1. The predicted octanol–water partition coefficient (Wildman–Crippen LogP) is 3.10. The summed E-state index contributed by atoms with van der Waals surface area (Å²) in [7, 11) is 0. The van der Waals surface area contributed by atoms with E-state index in [9.17, 15) is 4.79 Å². The summed E-state index contributed by atoms with van der Waals surface area (Å²) < 4.78 is 0. The van der Waals surface area contributed by atoms with Crippen LogP contribution in [0.1, 0.15) is 46.0 Å². The van der Waals surface area contributed by atoms with Crippen LogP contribution in [0.25, 0.3) is 0 Å². The molecular formula is C10H18O. The zero-order chi connectivity index (χ0) is 8.53. The molecule has 11 heavy (non-hydrogen) atoms. The number of ketones is 1. The minimum absolute atomic E-state index is 0.384. The second-order valence-electron chi connectivity index (χ2n) is 2.66. The second-order valence-corrected chi connectivity index (χ2v) is 2.66. The van der Waals surface area contributed by atoms with E-state index in [1.54, 1.807) is 0 Å². The van der Waals surface area contributed by atoms with Gasteiger partial charge in [-0.05, 0) is 19.3 Å². The summed E-state index contributed by atoms with van der Waals surface area (Å²) in [6.07, 6.45) is 8.92. The van der Waals surface area contributed by atoms with Gasteiger partial charge in [0.1, 0.15) is 5.78 Å². The van der Waals surface area contributed by atoms with Crippen molar-refractivity contribution in [3.05, 3.63) is 12.2 Å². The minimum atomic E-state index is 0.384. The molecule has 0 saturated carbocycles. The van der Waals surface area contributed by atoms with Gasteiger partial charge in [-0.3, -0.25) is 4.79 Å². The van der Waals surface area contributed by atoms with E-state index < -0.39 is 0 Å². The van der Waals surface area contributed by atoms with E-state index in [-0.39, 0.29) is 0 Å². The van der Waals surface area contributed by atoms with E-state index >= 15 is 0 Å². The van der Waals surface area contributed by atoms with E-state index in [0.717, 1.165) is 25.7 Å². The van der Waals surface area contributed by atoms with Gasteiger partial charge in [0.2, 0.25) is 0 Å². The molecule has 0 radical (unpaired) electrons. The summed E-state index contributed by atoms with van der Waals surface area (Å²) in [4.78, 5) is 10.8. The quantitative estimate of drug-likeness (QED) is 0.424. The normalized spacial score (nSPS) is 10.7. The van der Waals surface area contributed by atoms with Crippen molar-refractivity contribution >= 4 is 5.78 Å². The topological polar surface area (TPSA) is 17.1 Å². The van der Waals surface area contributed by atoms with Crippen molar-refractivity contribution in [2.45, 2.75) is 46.0 Å². The molecule has 0 aromatic carbocycles. The zero-order valence-electron chi connectivity index (χ0n) is 7.60. The maximum Gasteiger partial charge on any atom is 0.132 e. The summed E-state index contributed by atoms with van der Waals surface area (Å²) in [5, 5.41) is 0. The highest BCUT2D eigenvalue weighted by Crippen LogP contribution is 2.00. The van der Waals surface area contributed by atoms with Crippen LogP contribution in [0.2, 0.25) is 0 Å². The maximum absolute atomic E-state index is 10.8. The molecule has 64 valence electrons. The first-order valence-electron chi connectivity index (χ1n) is 4.48. The van der Waals surface area contributed by atoms with Crippen LogP contribution in [0.5, 0.6) is 0 Å². The van der Waals surface area contributed by atoms with Crippen LogP contribution in [0.15, 0.2) is 12.2 Å². The van der Waals surface area contributed by atoms with Crippen LogP contribution in [0, 0.1) is 0 Å². The fraction of sp³-hybridized carbons (Fsp3) is 0.700. The van der Waals surface area contributed by atoms with Crippen LogP contribution in [-0.4, -0.2) is 5.78 Å². The summed E-state index contributed by atoms with van der Waals surface area (Å²) in [5.41, 5.74) is 0.